The van der Waals surface area contributed by atoms with Crippen molar-refractivity contribution in [2.45, 2.75) is 13.0 Å². The molecule has 1 amide bonds. The average molecular weight is 375 g/mol. The number of nitrogens with one attached hydrogen (secondary N) is 1. The Kier molecular flexibility index (Phi) is 5.69. The Morgan fingerprint density at radius 2 is 1.96 bits per heavy atom. The number of aromatic nitrogens is 1. The Morgan fingerprint density at radius 3 is 2.62 bits per heavy atom. The summed E-state index contributed by atoms with van der Waals surface area (Å²) < 4.78 is 31.5. The van der Waals surface area contributed by atoms with Crippen molar-refractivity contribution in [1.29, 1.82) is 0 Å². The largest absolute Gasteiger partial charge is 0.449 e. The van der Waals surface area contributed by atoms with Crippen molar-refractivity contribution in [3.63, 3.8) is 0 Å². The number of hydrogen-bond donors (Lipinski definition) is 1. The molecule has 0 fully saturated rings. The fraction of sp³-hybridized carbons (Fsp3) is 0.133. The molecule has 1 N–H and O–H groups in total. The van der Waals surface area contributed by atoms with E-state index in [0.717, 1.165) is 24.4 Å². The van der Waals surface area contributed by atoms with Crippen molar-refractivity contribution < 1.29 is 23.1 Å². The van der Waals surface area contributed by atoms with Crippen molar-refractivity contribution in [2.75, 3.05) is 5.32 Å². The second-order valence-electron chi connectivity index (χ2n) is 4.66. The number of hydrogen-bond acceptors (Lipinski definition) is 4. The van der Waals surface area contributed by atoms with Crippen LogP contribution < -0.4 is 5.32 Å². The van der Waals surface area contributed by atoms with Gasteiger partial charge >= 0.3 is 5.97 Å². The molecule has 2 aromatic rings. The predicted octanol–water partition coefficient (Wildman–Crippen LogP) is 3.85. The van der Waals surface area contributed by atoms with Crippen molar-refractivity contribution >= 4 is 40.8 Å². The number of ether oxygens (including phenoxy) is 1. The van der Waals surface area contributed by atoms with Crippen LogP contribution in [0.25, 0.3) is 0 Å². The van der Waals surface area contributed by atoms with E-state index in [0.29, 0.717) is 0 Å². The molecule has 0 spiro atoms. The molecule has 24 heavy (non-hydrogen) atoms. The van der Waals surface area contributed by atoms with Crippen LogP contribution in [-0.4, -0.2) is 23.0 Å². The third kappa shape index (κ3) is 4.39. The summed E-state index contributed by atoms with van der Waals surface area (Å²) >= 11 is 11.4. The quantitative estimate of drug-likeness (QED) is 0.651. The van der Waals surface area contributed by atoms with Crippen LogP contribution >= 0.6 is 23.2 Å². The van der Waals surface area contributed by atoms with Gasteiger partial charge in [0.25, 0.3) is 5.91 Å². The van der Waals surface area contributed by atoms with Crippen molar-refractivity contribution in [1.82, 2.24) is 4.98 Å². The molecule has 0 aliphatic rings. The molecular weight excluding hydrogens is 365 g/mol. The van der Waals surface area contributed by atoms with E-state index in [4.69, 9.17) is 27.9 Å². The van der Waals surface area contributed by atoms with Gasteiger partial charge < -0.3 is 10.1 Å². The summed E-state index contributed by atoms with van der Waals surface area (Å²) in [6.07, 6.45) is -0.137. The first-order valence-electron chi connectivity index (χ1n) is 6.56. The van der Waals surface area contributed by atoms with E-state index >= 15 is 0 Å². The molecule has 5 nitrogen and oxygen atoms in total. The number of rotatable bonds is 4. The smallest absolute Gasteiger partial charge is 0.340 e. The minimum atomic E-state index is -1.27. The normalized spacial score (nSPS) is 11.7. The number of carbonyl (C=O) groups is 2. The second kappa shape index (κ2) is 7.55. The minimum absolute atomic E-state index is 0.0130. The van der Waals surface area contributed by atoms with Crippen LogP contribution in [0.1, 0.15) is 17.3 Å². The van der Waals surface area contributed by atoms with E-state index in [2.05, 4.69) is 10.3 Å². The summed E-state index contributed by atoms with van der Waals surface area (Å²) in [5.41, 5.74) is -0.375. The zero-order valence-corrected chi connectivity index (χ0v) is 13.7. The van der Waals surface area contributed by atoms with Crippen LogP contribution in [0.2, 0.25) is 10.2 Å². The number of amides is 1. The molecule has 2 rings (SSSR count). The molecule has 1 unspecified atom stereocenters. The maximum Gasteiger partial charge on any atom is 0.340 e. The summed E-state index contributed by atoms with van der Waals surface area (Å²) in [5, 5.41) is 2.19. The van der Waals surface area contributed by atoms with Crippen LogP contribution in [-0.2, 0) is 9.53 Å². The highest BCUT2D eigenvalue weighted by molar-refractivity contribution is 6.41. The van der Waals surface area contributed by atoms with E-state index < -0.39 is 29.6 Å². The second-order valence-corrected chi connectivity index (χ2v) is 5.42. The maximum atomic E-state index is 13.5. The summed E-state index contributed by atoms with van der Waals surface area (Å²) in [5.74, 6) is -3.25. The molecule has 0 radical (unpaired) electrons. The van der Waals surface area contributed by atoms with Gasteiger partial charge in [0.1, 0.15) is 16.8 Å². The van der Waals surface area contributed by atoms with Crippen molar-refractivity contribution in [3.8, 4) is 0 Å². The lowest BCUT2D eigenvalue weighted by atomic mass is 10.2. The van der Waals surface area contributed by atoms with Crippen LogP contribution in [0, 0.1) is 11.6 Å². The van der Waals surface area contributed by atoms with Gasteiger partial charge in [-0.1, -0.05) is 23.2 Å². The zero-order valence-electron chi connectivity index (χ0n) is 12.1. The Morgan fingerprint density at radius 1 is 1.25 bits per heavy atom. The lowest BCUT2D eigenvalue weighted by Crippen LogP contribution is -2.30. The first kappa shape index (κ1) is 18.1. The SMILES string of the molecule is CC(OC(=O)c1cnc(Cl)c(Cl)c1)C(=O)Nc1cc(F)ccc1F. The Balaban J connectivity index is 2.04. The lowest BCUT2D eigenvalue weighted by molar-refractivity contribution is -0.123. The number of esters is 1. The van der Waals surface area contributed by atoms with Gasteiger partial charge in [0, 0.05) is 12.3 Å². The number of anilines is 1. The standard InChI is InChI=1S/C15H10Cl2F2N2O3/c1-7(14(22)21-12-5-9(18)2-3-11(12)19)24-15(23)8-4-10(16)13(17)20-6-8/h2-7H,1H3,(H,21,22). The molecule has 0 aliphatic heterocycles. The van der Waals surface area contributed by atoms with Gasteiger partial charge in [-0.05, 0) is 25.1 Å². The van der Waals surface area contributed by atoms with E-state index in [-0.39, 0.29) is 21.4 Å². The molecule has 0 saturated carbocycles. The molecule has 0 bridgehead atoms. The lowest BCUT2D eigenvalue weighted by Gasteiger charge is -2.14. The number of benzene rings is 1. The number of pyridine rings is 1. The van der Waals surface area contributed by atoms with Gasteiger partial charge in [0.05, 0.1) is 16.3 Å². The van der Waals surface area contributed by atoms with Crippen molar-refractivity contribution in [3.05, 3.63) is 57.8 Å². The van der Waals surface area contributed by atoms with Gasteiger partial charge in [-0.3, -0.25) is 4.79 Å². The van der Waals surface area contributed by atoms with E-state index in [1.165, 1.54) is 13.0 Å². The number of nitrogens with zero attached hydrogens (tertiary/aromatic N) is 1. The third-order valence-corrected chi connectivity index (χ3v) is 3.56. The summed E-state index contributed by atoms with van der Waals surface area (Å²) in [6, 6.07) is 3.81. The molecule has 1 aromatic carbocycles. The van der Waals surface area contributed by atoms with Gasteiger partial charge in [-0.2, -0.15) is 0 Å². The van der Waals surface area contributed by atoms with E-state index in [1.54, 1.807) is 0 Å². The minimum Gasteiger partial charge on any atom is -0.449 e. The fourth-order valence-corrected chi connectivity index (χ4v) is 1.91. The highest BCUT2D eigenvalue weighted by Gasteiger charge is 2.21. The van der Waals surface area contributed by atoms with Gasteiger partial charge in [-0.25, -0.2) is 18.6 Å². The van der Waals surface area contributed by atoms with Crippen LogP contribution in [0.3, 0.4) is 0 Å². The zero-order chi connectivity index (χ0) is 17.9. The third-order valence-electron chi connectivity index (χ3n) is 2.87. The molecule has 1 atom stereocenters. The molecule has 0 aliphatic carbocycles. The summed E-state index contributed by atoms with van der Waals surface area (Å²) in [6.45, 7) is 1.27. The monoisotopic (exact) mass is 374 g/mol. The fourth-order valence-electron chi connectivity index (χ4n) is 1.64. The van der Waals surface area contributed by atoms with Crippen LogP contribution in [0.4, 0.5) is 14.5 Å². The first-order chi connectivity index (χ1) is 11.3. The average Bonchev–Trinajstić information content (AvgIpc) is 2.53. The van der Waals surface area contributed by atoms with Crippen molar-refractivity contribution in [2.24, 2.45) is 0 Å². The molecule has 1 heterocycles. The number of carbonyl (C=O) groups excluding carboxylic acids is 2. The first-order valence-corrected chi connectivity index (χ1v) is 7.31. The van der Waals surface area contributed by atoms with Crippen LogP contribution in [0.15, 0.2) is 30.5 Å². The topological polar surface area (TPSA) is 68.3 Å². The summed E-state index contributed by atoms with van der Waals surface area (Å²) in [7, 11) is 0. The maximum absolute atomic E-state index is 13.5. The highest BCUT2D eigenvalue weighted by Crippen LogP contribution is 2.20. The molecule has 0 saturated heterocycles. The highest BCUT2D eigenvalue weighted by atomic mass is 35.5. The van der Waals surface area contributed by atoms with E-state index in [9.17, 15) is 18.4 Å². The predicted molar refractivity (Wildman–Crippen MR) is 84.1 cm³/mol. The molecule has 1 aromatic heterocycles. The molecule has 126 valence electrons. The van der Waals surface area contributed by atoms with Gasteiger partial charge in [0.2, 0.25) is 0 Å². The molecule has 9 heteroatoms. The Labute approximate surface area is 145 Å². The van der Waals surface area contributed by atoms with Gasteiger partial charge in [-0.15, -0.1) is 0 Å². The Bertz CT molecular complexity index is 802. The van der Waals surface area contributed by atoms with Gasteiger partial charge in [0.15, 0.2) is 6.10 Å². The Hall–Kier alpha value is -2.25. The van der Waals surface area contributed by atoms with E-state index in [1.807, 2.05) is 0 Å². The number of halogens is 4. The molecular formula is C15H10Cl2F2N2O3. The van der Waals surface area contributed by atoms with Crippen LogP contribution in [0.5, 0.6) is 0 Å². The summed E-state index contributed by atoms with van der Waals surface area (Å²) in [4.78, 5) is 27.5.